The molecule has 1 rings (SSSR count). The molecule has 1 aromatic rings. The molecule has 0 aliphatic heterocycles. The summed E-state index contributed by atoms with van der Waals surface area (Å²) in [6.07, 6.45) is 3.10. The number of hydrogen-bond donors (Lipinski definition) is 2. The Bertz CT molecular complexity index is 482. The first-order valence-electron chi connectivity index (χ1n) is 5.59. The van der Waals surface area contributed by atoms with Gasteiger partial charge >= 0.3 is 11.9 Å². The van der Waals surface area contributed by atoms with E-state index in [9.17, 15) is 9.59 Å². The van der Waals surface area contributed by atoms with Crippen molar-refractivity contribution in [1.82, 2.24) is 0 Å². The van der Waals surface area contributed by atoms with Gasteiger partial charge in [0.1, 0.15) is 0 Å². The number of anilines is 1. The van der Waals surface area contributed by atoms with E-state index in [0.717, 1.165) is 11.1 Å². The van der Waals surface area contributed by atoms with Crippen molar-refractivity contribution in [3.8, 4) is 0 Å². The van der Waals surface area contributed by atoms with Crippen molar-refractivity contribution in [3.05, 3.63) is 36.0 Å². The average Bonchev–Trinajstić information content (AvgIpc) is 2.39. The third-order valence-electron chi connectivity index (χ3n) is 2.20. The summed E-state index contributed by atoms with van der Waals surface area (Å²) in [5, 5.41) is 11.7. The van der Waals surface area contributed by atoms with Gasteiger partial charge in [-0.05, 0) is 37.4 Å². The highest BCUT2D eigenvalue weighted by Gasteiger charge is 2.18. The summed E-state index contributed by atoms with van der Waals surface area (Å²) in [6, 6.07) is 7.39. The molecule has 1 aromatic carbocycles. The third-order valence-corrected chi connectivity index (χ3v) is 2.94. The molecule has 0 spiro atoms. The van der Waals surface area contributed by atoms with Gasteiger partial charge in [-0.3, -0.25) is 0 Å². The Kier molecular flexibility index (Phi) is 5.95. The SMILES string of the molecule is CCOC(=O)/C(=C\Nc1ccc(SC)cc1)C(=O)O. The van der Waals surface area contributed by atoms with E-state index in [4.69, 9.17) is 5.11 Å². The first kappa shape index (κ1) is 15.1. The molecule has 0 aromatic heterocycles. The topological polar surface area (TPSA) is 75.6 Å². The maximum atomic E-state index is 11.4. The third kappa shape index (κ3) is 4.67. The summed E-state index contributed by atoms with van der Waals surface area (Å²) in [7, 11) is 0. The number of carboxylic acids is 1. The number of thioether (sulfide) groups is 1. The van der Waals surface area contributed by atoms with Gasteiger partial charge < -0.3 is 15.2 Å². The predicted octanol–water partition coefficient (Wildman–Crippen LogP) is 2.35. The van der Waals surface area contributed by atoms with Crippen LogP contribution in [0.5, 0.6) is 0 Å². The monoisotopic (exact) mass is 281 g/mol. The molecule has 0 fully saturated rings. The molecular weight excluding hydrogens is 266 g/mol. The van der Waals surface area contributed by atoms with Gasteiger partial charge in [0.15, 0.2) is 5.57 Å². The summed E-state index contributed by atoms with van der Waals surface area (Å²) >= 11 is 1.61. The lowest BCUT2D eigenvalue weighted by Crippen LogP contribution is -2.16. The first-order valence-corrected chi connectivity index (χ1v) is 6.82. The van der Waals surface area contributed by atoms with Crippen LogP contribution in [0.4, 0.5) is 5.69 Å². The van der Waals surface area contributed by atoms with Gasteiger partial charge in [0.05, 0.1) is 6.61 Å². The standard InChI is InChI=1S/C13H15NO4S/c1-3-18-13(17)11(12(15)16)8-14-9-4-6-10(19-2)7-5-9/h4-8,14H,3H2,1-2H3,(H,15,16)/b11-8-. The van der Waals surface area contributed by atoms with Crippen LogP contribution in [0.15, 0.2) is 40.9 Å². The van der Waals surface area contributed by atoms with Crippen LogP contribution < -0.4 is 5.32 Å². The smallest absolute Gasteiger partial charge is 0.347 e. The van der Waals surface area contributed by atoms with E-state index < -0.39 is 17.5 Å². The van der Waals surface area contributed by atoms with Gasteiger partial charge in [-0.25, -0.2) is 9.59 Å². The highest BCUT2D eigenvalue weighted by Crippen LogP contribution is 2.17. The fraction of sp³-hybridized carbons (Fsp3) is 0.231. The molecule has 0 saturated heterocycles. The van der Waals surface area contributed by atoms with Crippen LogP contribution in [0.25, 0.3) is 0 Å². The van der Waals surface area contributed by atoms with Crippen LogP contribution in [-0.4, -0.2) is 29.9 Å². The molecule has 0 heterocycles. The molecule has 0 aliphatic rings. The van der Waals surface area contributed by atoms with E-state index in [0.29, 0.717) is 5.69 Å². The maximum absolute atomic E-state index is 11.4. The summed E-state index contributed by atoms with van der Waals surface area (Å²) < 4.78 is 4.66. The van der Waals surface area contributed by atoms with Crippen LogP contribution >= 0.6 is 11.8 Å². The van der Waals surface area contributed by atoms with Crippen LogP contribution in [0.1, 0.15) is 6.92 Å². The Labute approximate surface area is 115 Å². The van der Waals surface area contributed by atoms with E-state index in [1.54, 1.807) is 30.8 Å². The molecule has 0 amide bonds. The number of carbonyl (C=O) groups excluding carboxylic acids is 1. The number of carbonyl (C=O) groups is 2. The fourth-order valence-electron chi connectivity index (χ4n) is 1.26. The molecule has 102 valence electrons. The van der Waals surface area contributed by atoms with Crippen molar-refractivity contribution in [3.63, 3.8) is 0 Å². The van der Waals surface area contributed by atoms with Crippen molar-refractivity contribution < 1.29 is 19.4 Å². The lowest BCUT2D eigenvalue weighted by molar-refractivity contribution is -0.143. The molecule has 6 heteroatoms. The summed E-state index contributed by atoms with van der Waals surface area (Å²) in [6.45, 7) is 1.75. The number of hydrogen-bond acceptors (Lipinski definition) is 5. The number of rotatable bonds is 6. The largest absolute Gasteiger partial charge is 0.477 e. The first-order chi connectivity index (χ1) is 9.08. The number of carboxylic acid groups (broad SMARTS) is 1. The molecule has 2 N–H and O–H groups in total. The molecule has 0 radical (unpaired) electrons. The van der Waals surface area contributed by atoms with E-state index in [1.807, 2.05) is 18.4 Å². The normalized spacial score (nSPS) is 10.9. The van der Waals surface area contributed by atoms with Crippen LogP contribution in [-0.2, 0) is 14.3 Å². The van der Waals surface area contributed by atoms with Crippen LogP contribution in [0.2, 0.25) is 0 Å². The second-order valence-corrected chi connectivity index (χ2v) is 4.34. The van der Waals surface area contributed by atoms with E-state index in [1.165, 1.54) is 0 Å². The van der Waals surface area contributed by atoms with Gasteiger partial charge in [0.2, 0.25) is 0 Å². The van der Waals surface area contributed by atoms with Gasteiger partial charge in [0.25, 0.3) is 0 Å². The number of esters is 1. The summed E-state index contributed by atoms with van der Waals surface area (Å²) in [5.74, 6) is -2.19. The molecule has 0 unspecified atom stereocenters. The second kappa shape index (κ2) is 7.48. The number of benzene rings is 1. The summed E-state index contributed by atoms with van der Waals surface area (Å²) in [4.78, 5) is 23.4. The van der Waals surface area contributed by atoms with Crippen molar-refractivity contribution in [2.24, 2.45) is 0 Å². The maximum Gasteiger partial charge on any atom is 0.347 e. The lowest BCUT2D eigenvalue weighted by atomic mass is 10.3. The minimum atomic E-state index is -1.33. The van der Waals surface area contributed by atoms with Gasteiger partial charge in [-0.1, -0.05) is 0 Å². The Balaban J connectivity index is 2.79. The minimum Gasteiger partial charge on any atom is -0.477 e. The Hall–Kier alpha value is -1.95. The lowest BCUT2D eigenvalue weighted by Gasteiger charge is -2.05. The van der Waals surface area contributed by atoms with Crippen LogP contribution in [0, 0.1) is 0 Å². The number of aliphatic carboxylic acids is 1. The fourth-order valence-corrected chi connectivity index (χ4v) is 1.67. The average molecular weight is 281 g/mol. The molecule has 0 saturated carbocycles. The minimum absolute atomic E-state index is 0.131. The van der Waals surface area contributed by atoms with Gasteiger partial charge in [-0.2, -0.15) is 0 Å². The van der Waals surface area contributed by atoms with Crippen molar-refractivity contribution in [2.75, 3.05) is 18.2 Å². The quantitative estimate of drug-likeness (QED) is 0.274. The number of ether oxygens (including phenoxy) is 1. The summed E-state index contributed by atoms with van der Waals surface area (Å²) in [5.41, 5.74) is 0.261. The molecule has 19 heavy (non-hydrogen) atoms. The molecular formula is C13H15NO4S. The van der Waals surface area contributed by atoms with Gasteiger partial charge in [0, 0.05) is 16.8 Å². The molecule has 0 aliphatic carbocycles. The Morgan fingerprint density at radius 1 is 1.37 bits per heavy atom. The Morgan fingerprint density at radius 3 is 2.47 bits per heavy atom. The van der Waals surface area contributed by atoms with Crippen molar-refractivity contribution in [1.29, 1.82) is 0 Å². The van der Waals surface area contributed by atoms with E-state index in [-0.39, 0.29) is 6.61 Å². The Morgan fingerprint density at radius 2 is 2.00 bits per heavy atom. The zero-order chi connectivity index (χ0) is 14.3. The highest BCUT2D eigenvalue weighted by atomic mass is 32.2. The zero-order valence-corrected chi connectivity index (χ0v) is 11.5. The van der Waals surface area contributed by atoms with Crippen LogP contribution in [0.3, 0.4) is 0 Å². The van der Waals surface area contributed by atoms with Gasteiger partial charge in [-0.15, -0.1) is 11.8 Å². The van der Waals surface area contributed by atoms with E-state index >= 15 is 0 Å². The zero-order valence-electron chi connectivity index (χ0n) is 10.7. The predicted molar refractivity (Wildman–Crippen MR) is 74.2 cm³/mol. The van der Waals surface area contributed by atoms with E-state index in [2.05, 4.69) is 10.1 Å². The number of nitrogens with one attached hydrogen (secondary N) is 1. The highest BCUT2D eigenvalue weighted by molar-refractivity contribution is 7.98. The second-order valence-electron chi connectivity index (χ2n) is 3.46. The molecule has 0 bridgehead atoms. The molecule has 0 atom stereocenters. The molecule has 5 nitrogen and oxygen atoms in total. The van der Waals surface area contributed by atoms with Crippen molar-refractivity contribution >= 4 is 29.4 Å². The van der Waals surface area contributed by atoms with Crippen molar-refractivity contribution in [2.45, 2.75) is 11.8 Å².